The number of hydrogen-bond donors (Lipinski definition) is 3. The van der Waals surface area contributed by atoms with Crippen LogP contribution >= 0.6 is 0 Å². The Morgan fingerprint density at radius 2 is 1.96 bits per heavy atom. The summed E-state index contributed by atoms with van der Waals surface area (Å²) < 4.78 is 13.6. The second-order valence-electron chi connectivity index (χ2n) is 12.7. The van der Waals surface area contributed by atoms with E-state index in [1.54, 1.807) is 23.1 Å². The number of ether oxygens (including phenoxy) is 2. The molecule has 1 unspecified atom stereocenters. The highest BCUT2D eigenvalue weighted by Gasteiger charge is 2.35. The zero-order valence-corrected chi connectivity index (χ0v) is 25.4. The predicted molar refractivity (Wildman–Crippen MR) is 164 cm³/mol. The van der Waals surface area contributed by atoms with Gasteiger partial charge in [0.2, 0.25) is 0 Å². The molecule has 6 rings (SSSR count). The smallest absolute Gasteiger partial charge is 0.416 e. The molecule has 2 aliphatic heterocycles. The van der Waals surface area contributed by atoms with Crippen LogP contribution in [0.5, 0.6) is 0 Å². The number of nitrogens with zero attached hydrogens (tertiary/aromatic N) is 7. The number of carboxylic acid groups (broad SMARTS) is 1. The minimum atomic E-state index is -1.23. The molecule has 0 bridgehead atoms. The van der Waals surface area contributed by atoms with Gasteiger partial charge in [0.05, 0.1) is 47.4 Å². The molecule has 1 atom stereocenters. The van der Waals surface area contributed by atoms with Gasteiger partial charge in [0, 0.05) is 42.3 Å². The molecule has 3 N–H and O–H groups in total. The Kier molecular flexibility index (Phi) is 7.25. The van der Waals surface area contributed by atoms with E-state index in [1.807, 2.05) is 27.7 Å². The quantitative estimate of drug-likeness (QED) is 0.286. The van der Waals surface area contributed by atoms with Gasteiger partial charge in [-0.1, -0.05) is 6.07 Å². The van der Waals surface area contributed by atoms with Crippen molar-refractivity contribution in [3.05, 3.63) is 41.7 Å². The van der Waals surface area contributed by atoms with Crippen LogP contribution in [0.3, 0.4) is 0 Å². The van der Waals surface area contributed by atoms with Gasteiger partial charge in [-0.25, -0.2) is 19.1 Å². The number of amides is 1. The molecule has 232 valence electrons. The van der Waals surface area contributed by atoms with Gasteiger partial charge >= 0.3 is 12.2 Å². The summed E-state index contributed by atoms with van der Waals surface area (Å²) in [7, 11) is 0. The molecule has 14 nitrogen and oxygen atoms in total. The number of nitriles is 2. The minimum absolute atomic E-state index is 0.153. The molecule has 1 aromatic carbocycles. The van der Waals surface area contributed by atoms with E-state index in [-0.39, 0.29) is 17.7 Å². The largest absolute Gasteiger partial charge is 0.464 e. The fourth-order valence-electron chi connectivity index (χ4n) is 5.76. The lowest BCUT2D eigenvalue weighted by molar-refractivity contribution is -0.0317. The first-order valence-corrected chi connectivity index (χ1v) is 14.6. The summed E-state index contributed by atoms with van der Waals surface area (Å²) in [6.07, 6.45) is 2.81. The molecule has 45 heavy (non-hydrogen) atoms. The maximum absolute atomic E-state index is 12.8. The van der Waals surface area contributed by atoms with Crippen LogP contribution in [0.25, 0.3) is 27.8 Å². The number of aromatic nitrogens is 4. The van der Waals surface area contributed by atoms with Gasteiger partial charge in [-0.2, -0.15) is 20.1 Å². The fourth-order valence-corrected chi connectivity index (χ4v) is 5.76. The molecule has 0 radical (unpaired) electrons. The van der Waals surface area contributed by atoms with Gasteiger partial charge in [0.1, 0.15) is 29.1 Å². The summed E-state index contributed by atoms with van der Waals surface area (Å²) in [5.74, 6) is 0.523. The van der Waals surface area contributed by atoms with Crippen molar-refractivity contribution in [2.24, 2.45) is 0 Å². The Labute approximate surface area is 258 Å². The van der Waals surface area contributed by atoms with E-state index in [0.717, 1.165) is 17.4 Å². The summed E-state index contributed by atoms with van der Waals surface area (Å²) >= 11 is 0. The molecule has 4 aromatic rings. The molecule has 14 heteroatoms. The lowest BCUT2D eigenvalue weighted by atomic mass is 9.98. The topological polar surface area (TPSA) is 183 Å². The third kappa shape index (κ3) is 5.56. The van der Waals surface area contributed by atoms with Crippen LogP contribution < -0.4 is 10.6 Å². The molecule has 2 fully saturated rings. The number of likely N-dealkylation sites (tertiary alicyclic amines) is 1. The lowest BCUT2D eigenvalue weighted by Gasteiger charge is -2.40. The standard InChI is InChI=1S/C31H33N9O5/c1-30(2,3)45-29(43)38-9-5-6-20(14-38)35-24-10-23(36-27-19(12-33)13-34-40(24)27)22-15-39(28(41)42)26-21(22)8-7-18(11-32)25(26)37-31(4)16-44-17-31/h7-8,10,13,15,20,35,37H,5-6,9,14,16-17H2,1-4H3,(H,41,42). The second kappa shape index (κ2) is 11.0. The third-order valence-electron chi connectivity index (χ3n) is 7.86. The van der Waals surface area contributed by atoms with Crippen LogP contribution in [0.15, 0.2) is 30.6 Å². The molecule has 2 aliphatic rings. The van der Waals surface area contributed by atoms with Gasteiger partial charge in [-0.3, -0.25) is 0 Å². The number of benzene rings is 1. The predicted octanol–water partition coefficient (Wildman–Crippen LogP) is 4.63. The number of anilines is 2. The zero-order chi connectivity index (χ0) is 32.1. The number of piperidine rings is 1. The maximum Gasteiger partial charge on any atom is 0.416 e. The number of fused-ring (bicyclic) bond motifs is 2. The number of rotatable bonds is 5. The normalized spacial score (nSPS) is 17.7. The molecule has 5 heterocycles. The first kappa shape index (κ1) is 29.7. The lowest BCUT2D eigenvalue weighted by Crippen LogP contribution is -2.53. The highest BCUT2D eigenvalue weighted by molar-refractivity contribution is 6.07. The monoisotopic (exact) mass is 611 g/mol. The van der Waals surface area contributed by atoms with Gasteiger partial charge < -0.3 is 30.1 Å². The van der Waals surface area contributed by atoms with E-state index < -0.39 is 17.2 Å². The Balaban J connectivity index is 1.45. The number of hydrogen-bond acceptors (Lipinski definition) is 10. The highest BCUT2D eigenvalue weighted by atomic mass is 16.6. The van der Waals surface area contributed by atoms with Gasteiger partial charge in [0.25, 0.3) is 0 Å². The summed E-state index contributed by atoms with van der Waals surface area (Å²) in [6, 6.07) is 9.24. The van der Waals surface area contributed by atoms with E-state index >= 15 is 0 Å². The van der Waals surface area contributed by atoms with E-state index in [9.17, 15) is 25.2 Å². The molecule has 0 saturated carbocycles. The average Bonchev–Trinajstić information content (AvgIpc) is 3.58. The van der Waals surface area contributed by atoms with E-state index in [1.165, 1.54) is 16.9 Å². The summed E-state index contributed by atoms with van der Waals surface area (Å²) in [5, 5.41) is 41.7. The maximum atomic E-state index is 12.8. The van der Waals surface area contributed by atoms with Gasteiger partial charge in [-0.15, -0.1) is 0 Å². The van der Waals surface area contributed by atoms with Crippen LogP contribution in [0, 0.1) is 22.7 Å². The number of nitrogens with one attached hydrogen (secondary N) is 2. The van der Waals surface area contributed by atoms with Crippen molar-refractivity contribution in [3.8, 4) is 23.4 Å². The molecular weight excluding hydrogens is 578 g/mol. The van der Waals surface area contributed by atoms with E-state index in [4.69, 9.17) is 14.5 Å². The SMILES string of the molecule is CC1(Nc2c(C#N)ccc3c(-c4cc(NC5CCCN(C(=O)OC(C)(C)C)C5)n5ncc(C#N)c5n4)cn(C(=O)O)c23)COC1. The second-order valence-corrected chi connectivity index (χ2v) is 12.7. The van der Waals surface area contributed by atoms with Gasteiger partial charge in [0.15, 0.2) is 5.65 Å². The number of carbonyl (C=O) groups excluding carboxylic acids is 1. The Morgan fingerprint density at radius 3 is 2.60 bits per heavy atom. The van der Waals surface area contributed by atoms with Crippen LogP contribution in [-0.2, 0) is 9.47 Å². The molecule has 2 saturated heterocycles. The first-order chi connectivity index (χ1) is 21.4. The zero-order valence-electron chi connectivity index (χ0n) is 25.4. The Bertz CT molecular complexity index is 1920. The molecule has 0 aliphatic carbocycles. The highest BCUT2D eigenvalue weighted by Crippen LogP contribution is 2.39. The summed E-state index contributed by atoms with van der Waals surface area (Å²) in [6.45, 7) is 9.21. The van der Waals surface area contributed by atoms with Crippen molar-refractivity contribution in [3.63, 3.8) is 0 Å². The Morgan fingerprint density at radius 1 is 1.20 bits per heavy atom. The van der Waals surface area contributed by atoms with Crippen LogP contribution in [0.1, 0.15) is 51.7 Å². The van der Waals surface area contributed by atoms with Gasteiger partial charge in [-0.05, 0) is 46.6 Å². The molecule has 0 spiro atoms. The van der Waals surface area contributed by atoms with E-state index in [0.29, 0.717) is 71.2 Å². The molecule has 1 amide bonds. The van der Waals surface area contributed by atoms with Crippen molar-refractivity contribution in [2.75, 3.05) is 36.9 Å². The minimum Gasteiger partial charge on any atom is -0.464 e. The summed E-state index contributed by atoms with van der Waals surface area (Å²) in [5.41, 5.74) is 1.35. The Hall–Kier alpha value is -5.34. The van der Waals surface area contributed by atoms with Crippen molar-refractivity contribution < 1.29 is 24.2 Å². The van der Waals surface area contributed by atoms with Crippen molar-refractivity contribution in [1.29, 1.82) is 10.5 Å². The first-order valence-electron chi connectivity index (χ1n) is 14.6. The summed E-state index contributed by atoms with van der Waals surface area (Å²) in [4.78, 5) is 31.8. The van der Waals surface area contributed by atoms with Crippen molar-refractivity contribution in [1.82, 2.24) is 24.1 Å². The van der Waals surface area contributed by atoms with Crippen molar-refractivity contribution >= 4 is 40.2 Å². The number of carbonyl (C=O) groups is 2. The average molecular weight is 612 g/mol. The van der Waals surface area contributed by atoms with E-state index in [2.05, 4.69) is 27.9 Å². The van der Waals surface area contributed by atoms with Crippen LogP contribution in [0.2, 0.25) is 0 Å². The molecular formula is C31H33N9O5. The third-order valence-corrected chi connectivity index (χ3v) is 7.86. The van der Waals surface area contributed by atoms with Crippen LogP contribution in [0.4, 0.5) is 21.1 Å². The molecule has 3 aromatic heterocycles. The van der Waals surface area contributed by atoms with Crippen molar-refractivity contribution in [2.45, 2.75) is 57.7 Å². The fraction of sp³-hybridized carbons (Fsp3) is 0.419. The van der Waals surface area contributed by atoms with Crippen LogP contribution in [-0.4, -0.2) is 84.8 Å².